The van der Waals surface area contributed by atoms with Crippen molar-refractivity contribution in [3.8, 4) is 0 Å². The molecule has 0 aromatic heterocycles. The molecule has 2 N–H and O–H groups in total. The summed E-state index contributed by atoms with van der Waals surface area (Å²) in [5.74, 6) is 1.10. The first kappa shape index (κ1) is 14.6. The van der Waals surface area contributed by atoms with Gasteiger partial charge in [0.1, 0.15) is 0 Å². The lowest BCUT2D eigenvalue weighted by Gasteiger charge is -2.32. The van der Waals surface area contributed by atoms with Crippen LogP contribution in [-0.2, 0) is 0 Å². The van der Waals surface area contributed by atoms with E-state index in [1.807, 2.05) is 4.90 Å². The molecule has 110 valence electrons. The zero-order chi connectivity index (χ0) is 13.5. The highest BCUT2D eigenvalue weighted by atomic mass is 16.3. The topological polar surface area (TPSA) is 52.6 Å². The molecule has 1 aliphatic carbocycles. The lowest BCUT2D eigenvalue weighted by Crippen LogP contribution is -2.46. The van der Waals surface area contributed by atoms with Gasteiger partial charge in [0.05, 0.1) is 0 Å². The number of aliphatic hydroxyl groups excluding tert-OH is 1. The Morgan fingerprint density at radius 2 is 1.84 bits per heavy atom. The number of rotatable bonds is 4. The molecule has 1 saturated heterocycles. The molecule has 2 aliphatic rings. The van der Waals surface area contributed by atoms with Gasteiger partial charge in [0, 0.05) is 26.2 Å². The van der Waals surface area contributed by atoms with Crippen LogP contribution in [0.25, 0.3) is 0 Å². The van der Waals surface area contributed by atoms with Crippen molar-refractivity contribution in [2.24, 2.45) is 11.8 Å². The smallest absolute Gasteiger partial charge is 0.317 e. The Hall–Kier alpha value is -0.770. The maximum atomic E-state index is 12.0. The van der Waals surface area contributed by atoms with Gasteiger partial charge in [-0.25, -0.2) is 4.79 Å². The third-order valence-electron chi connectivity index (χ3n) is 4.62. The lowest BCUT2D eigenvalue weighted by molar-refractivity contribution is 0.129. The number of nitrogens with zero attached hydrogens (tertiary/aromatic N) is 1. The van der Waals surface area contributed by atoms with Crippen LogP contribution in [0.4, 0.5) is 4.79 Å². The Labute approximate surface area is 116 Å². The van der Waals surface area contributed by atoms with Crippen LogP contribution in [-0.4, -0.2) is 42.3 Å². The Morgan fingerprint density at radius 1 is 1.11 bits per heavy atom. The van der Waals surface area contributed by atoms with Crippen LogP contribution >= 0.6 is 0 Å². The molecule has 1 atom stereocenters. The normalized spacial score (nSPS) is 25.3. The van der Waals surface area contributed by atoms with E-state index in [2.05, 4.69) is 5.32 Å². The van der Waals surface area contributed by atoms with Crippen molar-refractivity contribution < 1.29 is 9.90 Å². The Bertz CT molecular complexity index is 277. The number of carbonyl (C=O) groups excluding carboxylic acids is 1. The molecule has 2 rings (SSSR count). The number of piperidine rings is 1. The van der Waals surface area contributed by atoms with Gasteiger partial charge in [-0.1, -0.05) is 32.1 Å². The van der Waals surface area contributed by atoms with E-state index in [0.717, 1.165) is 38.3 Å². The van der Waals surface area contributed by atoms with E-state index < -0.39 is 0 Å². The highest BCUT2D eigenvalue weighted by Gasteiger charge is 2.23. The number of likely N-dealkylation sites (tertiary alicyclic amines) is 1. The summed E-state index contributed by atoms with van der Waals surface area (Å²) >= 11 is 0. The maximum Gasteiger partial charge on any atom is 0.317 e. The van der Waals surface area contributed by atoms with Crippen molar-refractivity contribution in [3.63, 3.8) is 0 Å². The van der Waals surface area contributed by atoms with Crippen LogP contribution in [0.1, 0.15) is 51.4 Å². The molecule has 0 aromatic rings. The molecule has 2 fully saturated rings. The predicted octanol–water partition coefficient (Wildman–Crippen LogP) is 2.37. The minimum absolute atomic E-state index is 0.0639. The molecule has 0 radical (unpaired) electrons. The molecule has 4 heteroatoms. The van der Waals surface area contributed by atoms with Gasteiger partial charge in [0.15, 0.2) is 0 Å². The van der Waals surface area contributed by atoms with Crippen LogP contribution in [0.15, 0.2) is 0 Å². The van der Waals surface area contributed by atoms with Gasteiger partial charge in [-0.3, -0.25) is 0 Å². The summed E-state index contributed by atoms with van der Waals surface area (Å²) in [6, 6.07) is 0.0639. The summed E-state index contributed by atoms with van der Waals surface area (Å²) in [6.07, 6.45) is 9.98. The lowest BCUT2D eigenvalue weighted by atomic mass is 9.87. The summed E-state index contributed by atoms with van der Waals surface area (Å²) in [4.78, 5) is 13.9. The standard InChI is InChI=1S/C15H28N2O2/c18-12-14-7-4-10-17(11-14)15(19)16-9-8-13-5-2-1-3-6-13/h13-14,18H,1-12H2,(H,16,19). The molecular weight excluding hydrogens is 240 g/mol. The van der Waals surface area contributed by atoms with E-state index in [-0.39, 0.29) is 18.6 Å². The van der Waals surface area contributed by atoms with E-state index in [1.54, 1.807) is 0 Å². The van der Waals surface area contributed by atoms with Crippen molar-refractivity contribution in [1.29, 1.82) is 0 Å². The van der Waals surface area contributed by atoms with Crippen molar-refractivity contribution in [2.75, 3.05) is 26.2 Å². The predicted molar refractivity (Wildman–Crippen MR) is 76.0 cm³/mol. The first-order chi connectivity index (χ1) is 9.29. The zero-order valence-corrected chi connectivity index (χ0v) is 11.9. The average Bonchev–Trinajstić information content (AvgIpc) is 2.48. The highest BCUT2D eigenvalue weighted by Crippen LogP contribution is 2.25. The van der Waals surface area contributed by atoms with Crippen LogP contribution in [0.5, 0.6) is 0 Å². The monoisotopic (exact) mass is 268 g/mol. The van der Waals surface area contributed by atoms with Gasteiger partial charge in [-0.15, -0.1) is 0 Å². The van der Waals surface area contributed by atoms with Crippen LogP contribution in [0.3, 0.4) is 0 Å². The molecule has 4 nitrogen and oxygen atoms in total. The molecule has 19 heavy (non-hydrogen) atoms. The molecule has 1 unspecified atom stereocenters. The number of urea groups is 1. The molecule has 0 bridgehead atoms. The second-order valence-electron chi connectivity index (χ2n) is 6.16. The van der Waals surface area contributed by atoms with Gasteiger partial charge < -0.3 is 15.3 Å². The summed E-state index contributed by atoms with van der Waals surface area (Å²) in [5, 5.41) is 12.2. The maximum absolute atomic E-state index is 12.0. The molecule has 2 amide bonds. The fourth-order valence-electron chi connectivity index (χ4n) is 3.37. The first-order valence-corrected chi connectivity index (χ1v) is 7.93. The van der Waals surface area contributed by atoms with Crippen molar-refractivity contribution in [3.05, 3.63) is 0 Å². The second-order valence-corrected chi connectivity index (χ2v) is 6.16. The average molecular weight is 268 g/mol. The van der Waals surface area contributed by atoms with Crippen molar-refractivity contribution in [2.45, 2.75) is 51.4 Å². The minimum Gasteiger partial charge on any atom is -0.396 e. The molecule has 1 saturated carbocycles. The van der Waals surface area contributed by atoms with E-state index in [0.29, 0.717) is 6.54 Å². The molecule has 0 spiro atoms. The van der Waals surface area contributed by atoms with Gasteiger partial charge in [-0.05, 0) is 31.1 Å². The number of carbonyl (C=O) groups is 1. The van der Waals surface area contributed by atoms with Crippen LogP contribution in [0, 0.1) is 11.8 Å². The number of aliphatic hydroxyl groups is 1. The largest absolute Gasteiger partial charge is 0.396 e. The molecule has 1 aliphatic heterocycles. The third-order valence-corrected chi connectivity index (χ3v) is 4.62. The van der Waals surface area contributed by atoms with E-state index in [1.165, 1.54) is 32.1 Å². The summed E-state index contributed by atoms with van der Waals surface area (Å²) in [5.41, 5.74) is 0. The van der Waals surface area contributed by atoms with E-state index in [4.69, 9.17) is 0 Å². The van der Waals surface area contributed by atoms with Gasteiger partial charge in [-0.2, -0.15) is 0 Å². The molecular formula is C15H28N2O2. The van der Waals surface area contributed by atoms with Crippen LogP contribution < -0.4 is 5.32 Å². The zero-order valence-electron chi connectivity index (χ0n) is 11.9. The molecule has 0 aromatic carbocycles. The van der Waals surface area contributed by atoms with E-state index >= 15 is 0 Å². The summed E-state index contributed by atoms with van der Waals surface area (Å²) < 4.78 is 0. The summed E-state index contributed by atoms with van der Waals surface area (Å²) in [6.45, 7) is 2.56. The fourth-order valence-corrected chi connectivity index (χ4v) is 3.37. The SMILES string of the molecule is O=C(NCCC1CCCCC1)N1CCCC(CO)C1. The number of nitrogens with one attached hydrogen (secondary N) is 1. The third kappa shape index (κ3) is 4.68. The van der Waals surface area contributed by atoms with Crippen molar-refractivity contribution in [1.82, 2.24) is 10.2 Å². The van der Waals surface area contributed by atoms with Crippen molar-refractivity contribution >= 4 is 6.03 Å². The fraction of sp³-hybridized carbons (Fsp3) is 0.933. The number of hydrogen-bond acceptors (Lipinski definition) is 2. The minimum atomic E-state index is 0.0639. The Balaban J connectivity index is 1.63. The second kappa shape index (κ2) is 7.73. The van der Waals surface area contributed by atoms with Gasteiger partial charge >= 0.3 is 6.03 Å². The van der Waals surface area contributed by atoms with Crippen LogP contribution in [0.2, 0.25) is 0 Å². The number of hydrogen-bond donors (Lipinski definition) is 2. The van der Waals surface area contributed by atoms with Gasteiger partial charge in [0.25, 0.3) is 0 Å². The first-order valence-electron chi connectivity index (χ1n) is 7.93. The Kier molecular flexibility index (Phi) is 5.95. The highest BCUT2D eigenvalue weighted by molar-refractivity contribution is 5.74. The van der Waals surface area contributed by atoms with Gasteiger partial charge in [0.2, 0.25) is 0 Å². The quantitative estimate of drug-likeness (QED) is 0.822. The molecule has 1 heterocycles. The summed E-state index contributed by atoms with van der Waals surface area (Å²) in [7, 11) is 0. The van der Waals surface area contributed by atoms with E-state index in [9.17, 15) is 9.90 Å². The number of amides is 2. The Morgan fingerprint density at radius 3 is 2.58 bits per heavy atom.